The molecule has 6 nitrogen and oxygen atoms in total. The highest BCUT2D eigenvalue weighted by Crippen LogP contribution is 2.32. The van der Waals surface area contributed by atoms with Crippen molar-refractivity contribution in [2.45, 2.75) is 37.8 Å². The minimum absolute atomic E-state index is 0.0262. The summed E-state index contributed by atoms with van der Waals surface area (Å²) in [6.07, 6.45) is 2.45. The molecule has 124 valence electrons. The van der Waals surface area contributed by atoms with Gasteiger partial charge in [-0.05, 0) is 31.9 Å². The van der Waals surface area contributed by atoms with Gasteiger partial charge in [-0.15, -0.1) is 0 Å². The molecular formula is C17H22N2O4. The molecule has 2 aliphatic heterocycles. The van der Waals surface area contributed by atoms with E-state index in [9.17, 15) is 9.59 Å². The Morgan fingerprint density at radius 3 is 2.91 bits per heavy atom. The first-order valence-electron chi connectivity index (χ1n) is 7.97. The number of amides is 2. The van der Waals surface area contributed by atoms with Crippen molar-refractivity contribution in [1.82, 2.24) is 5.32 Å². The number of carbonyl (C=O) groups is 2. The van der Waals surface area contributed by atoms with Gasteiger partial charge in [-0.1, -0.05) is 12.1 Å². The lowest BCUT2D eigenvalue weighted by Gasteiger charge is -2.37. The lowest BCUT2D eigenvalue weighted by atomic mass is 9.90. The third-order valence-electron chi connectivity index (χ3n) is 4.42. The summed E-state index contributed by atoms with van der Waals surface area (Å²) in [5, 5.41) is 5.79. The van der Waals surface area contributed by atoms with Gasteiger partial charge in [0.2, 0.25) is 0 Å². The highest BCUT2D eigenvalue weighted by Gasteiger charge is 2.41. The molecule has 0 aliphatic carbocycles. The summed E-state index contributed by atoms with van der Waals surface area (Å²) < 4.78 is 11.3. The van der Waals surface area contributed by atoms with Gasteiger partial charge in [0.1, 0.15) is 0 Å². The number of rotatable bonds is 3. The van der Waals surface area contributed by atoms with Crippen LogP contribution in [0.1, 0.15) is 36.5 Å². The number of hydrogen-bond donors (Lipinski definition) is 2. The molecule has 6 heteroatoms. The standard InChI is InChI=1S/C17H22N2O4/c1-12(20)13-3-2-4-14(9-13)18-16(21)19-15-5-7-23-17(10-15)6-8-22-11-17/h2-4,9,15H,5-8,10-11H2,1H3,(H2,18,19,21)/t15-,17-/m1/s1. The molecule has 0 unspecified atom stereocenters. The van der Waals surface area contributed by atoms with E-state index in [4.69, 9.17) is 9.47 Å². The Balaban J connectivity index is 1.57. The second-order valence-corrected chi connectivity index (χ2v) is 6.26. The maximum absolute atomic E-state index is 12.2. The van der Waals surface area contributed by atoms with Crippen molar-refractivity contribution < 1.29 is 19.1 Å². The van der Waals surface area contributed by atoms with Crippen LogP contribution < -0.4 is 10.6 Å². The molecule has 2 heterocycles. The molecule has 0 saturated carbocycles. The van der Waals surface area contributed by atoms with Crippen LogP contribution in [-0.4, -0.2) is 43.3 Å². The van der Waals surface area contributed by atoms with Crippen LogP contribution in [0.5, 0.6) is 0 Å². The predicted octanol–water partition coefficient (Wildman–Crippen LogP) is 2.35. The number of urea groups is 1. The summed E-state index contributed by atoms with van der Waals surface area (Å²) in [4.78, 5) is 23.6. The smallest absolute Gasteiger partial charge is 0.319 e. The van der Waals surface area contributed by atoms with Crippen molar-refractivity contribution >= 4 is 17.5 Å². The van der Waals surface area contributed by atoms with E-state index in [0.29, 0.717) is 24.5 Å². The van der Waals surface area contributed by atoms with E-state index in [0.717, 1.165) is 25.9 Å². The monoisotopic (exact) mass is 318 g/mol. The van der Waals surface area contributed by atoms with Gasteiger partial charge in [-0.3, -0.25) is 4.79 Å². The number of ether oxygens (including phenoxy) is 2. The molecule has 0 radical (unpaired) electrons. The van der Waals surface area contributed by atoms with E-state index in [1.807, 2.05) is 0 Å². The molecule has 2 atom stereocenters. The van der Waals surface area contributed by atoms with Crippen molar-refractivity contribution in [1.29, 1.82) is 0 Å². The number of carbonyl (C=O) groups excluding carboxylic acids is 2. The Kier molecular flexibility index (Phi) is 4.63. The SMILES string of the molecule is CC(=O)c1cccc(NC(=O)N[C@@H]2CCO[C@]3(CCOC3)C2)c1. The summed E-state index contributed by atoms with van der Waals surface area (Å²) in [7, 11) is 0. The summed E-state index contributed by atoms with van der Waals surface area (Å²) in [5.74, 6) is -0.0262. The van der Waals surface area contributed by atoms with Crippen LogP contribution in [0.25, 0.3) is 0 Å². The van der Waals surface area contributed by atoms with Gasteiger partial charge in [-0.25, -0.2) is 4.79 Å². The molecule has 2 N–H and O–H groups in total. The molecule has 0 bridgehead atoms. The van der Waals surface area contributed by atoms with Gasteiger partial charge in [0.15, 0.2) is 5.78 Å². The summed E-state index contributed by atoms with van der Waals surface area (Å²) in [5.41, 5.74) is 0.960. The first kappa shape index (κ1) is 16.0. The Hall–Kier alpha value is -1.92. The molecular weight excluding hydrogens is 296 g/mol. The minimum Gasteiger partial charge on any atom is -0.378 e. The molecule has 2 amide bonds. The normalized spacial score (nSPS) is 26.9. The Morgan fingerprint density at radius 1 is 1.30 bits per heavy atom. The van der Waals surface area contributed by atoms with Gasteiger partial charge in [0.25, 0.3) is 0 Å². The third-order valence-corrected chi connectivity index (χ3v) is 4.42. The molecule has 2 aliphatic rings. The number of ketones is 1. The van der Waals surface area contributed by atoms with Crippen molar-refractivity contribution in [3.8, 4) is 0 Å². The number of benzene rings is 1. The molecule has 2 saturated heterocycles. The highest BCUT2D eigenvalue weighted by molar-refractivity contribution is 5.96. The lowest BCUT2D eigenvalue weighted by molar-refractivity contribution is -0.0877. The maximum atomic E-state index is 12.2. The van der Waals surface area contributed by atoms with E-state index in [2.05, 4.69) is 10.6 Å². The molecule has 23 heavy (non-hydrogen) atoms. The summed E-state index contributed by atoms with van der Waals surface area (Å²) in [6.45, 7) is 3.46. The molecule has 2 fully saturated rings. The van der Waals surface area contributed by atoms with E-state index in [-0.39, 0.29) is 23.5 Å². The summed E-state index contributed by atoms with van der Waals surface area (Å²) in [6, 6.07) is 6.74. The quantitative estimate of drug-likeness (QED) is 0.839. The van der Waals surface area contributed by atoms with E-state index in [1.165, 1.54) is 6.92 Å². The molecule has 1 aromatic carbocycles. The Bertz CT molecular complexity index is 596. The second-order valence-electron chi connectivity index (χ2n) is 6.26. The Labute approximate surface area is 135 Å². The first-order valence-corrected chi connectivity index (χ1v) is 7.97. The van der Waals surface area contributed by atoms with Gasteiger partial charge in [0.05, 0.1) is 12.2 Å². The van der Waals surface area contributed by atoms with Crippen LogP contribution in [0, 0.1) is 0 Å². The van der Waals surface area contributed by atoms with Gasteiger partial charge >= 0.3 is 6.03 Å². The van der Waals surface area contributed by atoms with Crippen molar-refractivity contribution in [3.05, 3.63) is 29.8 Å². The topological polar surface area (TPSA) is 76.7 Å². The highest BCUT2D eigenvalue weighted by atomic mass is 16.6. The average molecular weight is 318 g/mol. The summed E-state index contributed by atoms with van der Waals surface area (Å²) >= 11 is 0. The van der Waals surface area contributed by atoms with Gasteiger partial charge in [0, 0.05) is 36.9 Å². The predicted molar refractivity (Wildman–Crippen MR) is 85.7 cm³/mol. The number of anilines is 1. The van der Waals surface area contributed by atoms with Crippen LogP contribution >= 0.6 is 0 Å². The van der Waals surface area contributed by atoms with Crippen molar-refractivity contribution in [3.63, 3.8) is 0 Å². The number of nitrogens with one attached hydrogen (secondary N) is 2. The fraction of sp³-hybridized carbons (Fsp3) is 0.529. The largest absolute Gasteiger partial charge is 0.378 e. The second kappa shape index (κ2) is 6.68. The van der Waals surface area contributed by atoms with E-state index >= 15 is 0 Å². The van der Waals surface area contributed by atoms with E-state index in [1.54, 1.807) is 24.3 Å². The van der Waals surface area contributed by atoms with Gasteiger partial charge in [-0.2, -0.15) is 0 Å². The van der Waals surface area contributed by atoms with Crippen LogP contribution in [-0.2, 0) is 9.47 Å². The molecule has 1 spiro atoms. The van der Waals surface area contributed by atoms with Crippen LogP contribution in [0.2, 0.25) is 0 Å². The fourth-order valence-electron chi connectivity index (χ4n) is 3.18. The zero-order valence-electron chi connectivity index (χ0n) is 13.3. The zero-order valence-corrected chi connectivity index (χ0v) is 13.3. The van der Waals surface area contributed by atoms with Crippen molar-refractivity contribution in [2.75, 3.05) is 25.1 Å². The first-order chi connectivity index (χ1) is 11.1. The minimum atomic E-state index is -0.258. The van der Waals surface area contributed by atoms with Gasteiger partial charge < -0.3 is 20.1 Å². The van der Waals surface area contributed by atoms with E-state index < -0.39 is 0 Å². The van der Waals surface area contributed by atoms with Crippen molar-refractivity contribution in [2.24, 2.45) is 0 Å². The molecule has 1 aromatic rings. The maximum Gasteiger partial charge on any atom is 0.319 e. The zero-order chi connectivity index (χ0) is 16.3. The average Bonchev–Trinajstić information content (AvgIpc) is 2.95. The van der Waals surface area contributed by atoms with Crippen LogP contribution in [0.3, 0.4) is 0 Å². The van der Waals surface area contributed by atoms with Crippen LogP contribution in [0.15, 0.2) is 24.3 Å². The fourth-order valence-corrected chi connectivity index (χ4v) is 3.18. The van der Waals surface area contributed by atoms with Crippen LogP contribution in [0.4, 0.5) is 10.5 Å². The number of hydrogen-bond acceptors (Lipinski definition) is 4. The molecule has 3 rings (SSSR count). The molecule has 0 aromatic heterocycles. The number of Topliss-reactive ketones (excluding diaryl/α,β-unsaturated/α-hetero) is 1. The lowest BCUT2D eigenvalue weighted by Crippen LogP contribution is -2.49. The third kappa shape index (κ3) is 3.89. The Morgan fingerprint density at radius 2 is 2.17 bits per heavy atom.